The monoisotopic (exact) mass is 388 g/mol. The van der Waals surface area contributed by atoms with Gasteiger partial charge in [-0.2, -0.15) is 0 Å². The van der Waals surface area contributed by atoms with Crippen LogP contribution in [0.3, 0.4) is 0 Å². The van der Waals surface area contributed by atoms with Crippen LogP contribution in [0.25, 0.3) is 0 Å². The lowest BCUT2D eigenvalue weighted by Gasteiger charge is -2.37. The van der Waals surface area contributed by atoms with E-state index in [-0.39, 0.29) is 12.0 Å². The predicted molar refractivity (Wildman–Crippen MR) is 96.9 cm³/mol. The highest BCUT2D eigenvalue weighted by atomic mass is 79.9. The fourth-order valence-corrected chi connectivity index (χ4v) is 3.82. The lowest BCUT2D eigenvalue weighted by molar-refractivity contribution is -0.143. The van der Waals surface area contributed by atoms with Crippen molar-refractivity contribution >= 4 is 21.9 Å². The van der Waals surface area contributed by atoms with Crippen molar-refractivity contribution in [1.29, 1.82) is 0 Å². The van der Waals surface area contributed by atoms with Crippen LogP contribution in [-0.4, -0.2) is 34.0 Å². The van der Waals surface area contributed by atoms with Crippen LogP contribution >= 0.6 is 15.9 Å². The Balaban J connectivity index is 1.95. The molecule has 1 N–H and O–H groups in total. The summed E-state index contributed by atoms with van der Waals surface area (Å²) in [5, 5.41) is 9.24. The van der Waals surface area contributed by atoms with Gasteiger partial charge in [-0.15, -0.1) is 0 Å². The van der Waals surface area contributed by atoms with Crippen LogP contribution in [0.2, 0.25) is 0 Å². The molecule has 1 aliphatic rings. The molecule has 1 aromatic heterocycles. The largest absolute Gasteiger partial charge is 0.481 e. The van der Waals surface area contributed by atoms with Gasteiger partial charge in [0.2, 0.25) is 0 Å². The molecule has 0 bridgehead atoms. The number of pyridine rings is 1. The number of carbonyl (C=O) groups is 1. The molecule has 1 saturated heterocycles. The highest BCUT2D eigenvalue weighted by Gasteiger charge is 2.31. The Bertz CT molecular complexity index is 727. The minimum absolute atomic E-state index is 0.0541. The summed E-state index contributed by atoms with van der Waals surface area (Å²) in [5.41, 5.74) is 3.38. The molecule has 2 heterocycles. The number of halogens is 1. The van der Waals surface area contributed by atoms with Crippen LogP contribution in [0.1, 0.15) is 35.7 Å². The standard InChI is InChI=1S/C19H21BrN2O2/c1-13-4-3-9-21-17(13)18(15-5-2-6-16(20)12-15)22-10-7-14(8-11-22)19(23)24/h2-6,9,12,14,18H,7-8,10-11H2,1H3,(H,23,24). The molecule has 0 aliphatic carbocycles. The number of benzene rings is 1. The Kier molecular flexibility index (Phi) is 5.31. The van der Waals surface area contributed by atoms with Gasteiger partial charge in [0.05, 0.1) is 17.7 Å². The third-order valence-electron chi connectivity index (χ3n) is 4.72. The van der Waals surface area contributed by atoms with E-state index in [9.17, 15) is 9.90 Å². The number of carboxylic acid groups (broad SMARTS) is 1. The zero-order valence-electron chi connectivity index (χ0n) is 13.7. The Hall–Kier alpha value is -1.72. The first-order valence-corrected chi connectivity index (χ1v) is 8.99. The van der Waals surface area contributed by atoms with Crippen LogP contribution in [0.15, 0.2) is 47.1 Å². The van der Waals surface area contributed by atoms with Crippen LogP contribution in [0, 0.1) is 12.8 Å². The van der Waals surface area contributed by atoms with E-state index in [0.29, 0.717) is 12.8 Å². The second-order valence-corrected chi connectivity index (χ2v) is 7.23. The van der Waals surface area contributed by atoms with Crippen molar-refractivity contribution in [3.63, 3.8) is 0 Å². The first-order chi connectivity index (χ1) is 11.6. The summed E-state index contributed by atoms with van der Waals surface area (Å²) in [5.74, 6) is -0.906. The lowest BCUT2D eigenvalue weighted by atomic mass is 9.92. The Morgan fingerprint density at radius 1 is 1.29 bits per heavy atom. The van der Waals surface area contributed by atoms with Gasteiger partial charge in [0.1, 0.15) is 0 Å². The molecule has 0 saturated carbocycles. The number of aromatic nitrogens is 1. The van der Waals surface area contributed by atoms with Crippen LogP contribution < -0.4 is 0 Å². The van der Waals surface area contributed by atoms with E-state index in [1.807, 2.05) is 24.4 Å². The number of hydrogen-bond donors (Lipinski definition) is 1. The summed E-state index contributed by atoms with van der Waals surface area (Å²) >= 11 is 3.56. The molecule has 1 fully saturated rings. The zero-order valence-corrected chi connectivity index (χ0v) is 15.2. The van der Waals surface area contributed by atoms with Crippen LogP contribution in [0.4, 0.5) is 0 Å². The fourth-order valence-electron chi connectivity index (χ4n) is 3.41. The molecular formula is C19H21BrN2O2. The Morgan fingerprint density at radius 2 is 2.04 bits per heavy atom. The summed E-state index contributed by atoms with van der Waals surface area (Å²) in [7, 11) is 0. The van der Waals surface area contributed by atoms with Crippen molar-refractivity contribution in [1.82, 2.24) is 9.88 Å². The number of piperidine rings is 1. The van der Waals surface area contributed by atoms with Crippen molar-refractivity contribution in [2.45, 2.75) is 25.8 Å². The van der Waals surface area contributed by atoms with E-state index in [2.05, 4.69) is 50.9 Å². The zero-order chi connectivity index (χ0) is 17.1. The van der Waals surface area contributed by atoms with Crippen molar-refractivity contribution in [3.8, 4) is 0 Å². The molecule has 0 spiro atoms. The molecule has 5 heteroatoms. The van der Waals surface area contributed by atoms with Gasteiger partial charge in [-0.1, -0.05) is 34.1 Å². The van der Waals surface area contributed by atoms with E-state index in [1.165, 1.54) is 5.56 Å². The van der Waals surface area contributed by atoms with Gasteiger partial charge in [0, 0.05) is 10.7 Å². The molecule has 3 rings (SSSR count). The van der Waals surface area contributed by atoms with E-state index < -0.39 is 5.97 Å². The number of rotatable bonds is 4. The lowest BCUT2D eigenvalue weighted by Crippen LogP contribution is -2.39. The van der Waals surface area contributed by atoms with Gasteiger partial charge in [-0.25, -0.2) is 0 Å². The number of carboxylic acids is 1. The molecule has 126 valence electrons. The van der Waals surface area contributed by atoms with Crippen molar-refractivity contribution in [2.24, 2.45) is 5.92 Å². The summed E-state index contributed by atoms with van der Waals surface area (Å²) in [6.07, 6.45) is 3.20. The summed E-state index contributed by atoms with van der Waals surface area (Å²) in [6.45, 7) is 3.62. The molecular weight excluding hydrogens is 368 g/mol. The molecule has 4 nitrogen and oxygen atoms in total. The predicted octanol–water partition coefficient (Wildman–Crippen LogP) is 4.04. The molecule has 2 aromatic rings. The number of likely N-dealkylation sites (tertiary alicyclic amines) is 1. The number of hydrogen-bond acceptors (Lipinski definition) is 3. The molecule has 0 amide bonds. The molecule has 1 atom stereocenters. The van der Waals surface area contributed by atoms with Gasteiger partial charge in [0.25, 0.3) is 0 Å². The van der Waals surface area contributed by atoms with Gasteiger partial charge in [-0.05, 0) is 62.2 Å². The maximum Gasteiger partial charge on any atom is 0.306 e. The normalized spacial score (nSPS) is 17.6. The highest BCUT2D eigenvalue weighted by molar-refractivity contribution is 9.10. The molecule has 0 radical (unpaired) electrons. The third-order valence-corrected chi connectivity index (χ3v) is 5.21. The van der Waals surface area contributed by atoms with E-state index in [0.717, 1.165) is 28.8 Å². The third kappa shape index (κ3) is 3.68. The van der Waals surface area contributed by atoms with Crippen molar-refractivity contribution in [3.05, 3.63) is 63.9 Å². The smallest absolute Gasteiger partial charge is 0.306 e. The first kappa shape index (κ1) is 17.1. The number of aryl methyl sites for hydroxylation is 1. The summed E-state index contributed by atoms with van der Waals surface area (Å²) < 4.78 is 1.04. The maximum atomic E-state index is 11.2. The molecule has 1 aromatic carbocycles. The van der Waals surface area contributed by atoms with E-state index in [4.69, 9.17) is 0 Å². The maximum absolute atomic E-state index is 11.2. The van der Waals surface area contributed by atoms with Crippen LogP contribution in [0.5, 0.6) is 0 Å². The Labute approximate surface area is 150 Å². The topological polar surface area (TPSA) is 53.4 Å². The van der Waals surface area contributed by atoms with E-state index >= 15 is 0 Å². The number of aliphatic carboxylic acids is 1. The minimum atomic E-state index is -0.678. The highest BCUT2D eigenvalue weighted by Crippen LogP contribution is 2.33. The Morgan fingerprint density at radius 3 is 2.67 bits per heavy atom. The van der Waals surface area contributed by atoms with Gasteiger partial charge >= 0.3 is 5.97 Å². The second-order valence-electron chi connectivity index (χ2n) is 6.31. The van der Waals surface area contributed by atoms with Gasteiger partial charge in [0.15, 0.2) is 0 Å². The van der Waals surface area contributed by atoms with Gasteiger partial charge < -0.3 is 5.11 Å². The molecule has 24 heavy (non-hydrogen) atoms. The average molecular weight is 389 g/mol. The van der Waals surface area contributed by atoms with Crippen molar-refractivity contribution < 1.29 is 9.90 Å². The fraction of sp³-hybridized carbons (Fsp3) is 0.368. The summed E-state index contributed by atoms with van der Waals surface area (Å²) in [4.78, 5) is 18.2. The summed E-state index contributed by atoms with van der Waals surface area (Å²) in [6, 6.07) is 12.4. The molecule has 1 unspecified atom stereocenters. The quantitative estimate of drug-likeness (QED) is 0.858. The first-order valence-electron chi connectivity index (χ1n) is 8.20. The number of nitrogens with zero attached hydrogens (tertiary/aromatic N) is 2. The van der Waals surface area contributed by atoms with Crippen molar-refractivity contribution in [2.75, 3.05) is 13.1 Å². The SMILES string of the molecule is Cc1cccnc1C(c1cccc(Br)c1)N1CCC(C(=O)O)CC1. The second kappa shape index (κ2) is 7.45. The van der Waals surface area contributed by atoms with Gasteiger partial charge in [-0.3, -0.25) is 14.7 Å². The average Bonchev–Trinajstić information content (AvgIpc) is 2.57. The van der Waals surface area contributed by atoms with Crippen LogP contribution in [-0.2, 0) is 4.79 Å². The minimum Gasteiger partial charge on any atom is -0.481 e. The van der Waals surface area contributed by atoms with E-state index in [1.54, 1.807) is 0 Å². The molecule has 1 aliphatic heterocycles.